The van der Waals surface area contributed by atoms with E-state index in [0.717, 1.165) is 28.1 Å². The molecule has 0 spiro atoms. The minimum absolute atomic E-state index is 0.371. The summed E-state index contributed by atoms with van der Waals surface area (Å²) in [6.45, 7) is 9.13. The predicted octanol–water partition coefficient (Wildman–Crippen LogP) is 3.38. The van der Waals surface area contributed by atoms with E-state index >= 15 is 0 Å². The lowest BCUT2D eigenvalue weighted by atomic mass is 9.66. The second-order valence-corrected chi connectivity index (χ2v) is 9.49. The normalized spacial score (nSPS) is 33.3. The molecule has 1 saturated carbocycles. The van der Waals surface area contributed by atoms with Gasteiger partial charge < -0.3 is 9.64 Å². The van der Waals surface area contributed by atoms with Crippen LogP contribution in [0.4, 0.5) is 0 Å². The van der Waals surface area contributed by atoms with Gasteiger partial charge in [0.05, 0.1) is 11.1 Å². The zero-order chi connectivity index (χ0) is 17.0. The SMILES string of the molecule is CC(C)Cn1cc(-c2cnc(OC3[C@H]4CC5C[C@H]3CN(C5)C4)s2)cn1. The Labute approximate surface area is 153 Å². The average Bonchev–Trinajstić information content (AvgIpc) is 3.19. The number of rotatable bonds is 5. The highest BCUT2D eigenvalue weighted by atomic mass is 32.1. The second-order valence-electron chi connectivity index (χ2n) is 8.49. The van der Waals surface area contributed by atoms with E-state index in [9.17, 15) is 0 Å². The smallest absolute Gasteiger partial charge is 0.274 e. The molecule has 6 rings (SSSR count). The van der Waals surface area contributed by atoms with Gasteiger partial charge in [0, 0.05) is 56.0 Å². The van der Waals surface area contributed by atoms with Crippen molar-refractivity contribution in [3.63, 3.8) is 0 Å². The summed E-state index contributed by atoms with van der Waals surface area (Å²) in [6.07, 6.45) is 9.06. The lowest BCUT2D eigenvalue weighted by Gasteiger charge is -2.55. The Kier molecular flexibility index (Phi) is 3.86. The van der Waals surface area contributed by atoms with Gasteiger partial charge in [0.15, 0.2) is 0 Å². The molecule has 2 aromatic rings. The third kappa shape index (κ3) is 2.99. The summed E-state index contributed by atoms with van der Waals surface area (Å²) in [5.74, 6) is 2.91. The van der Waals surface area contributed by atoms with Crippen LogP contribution >= 0.6 is 11.3 Å². The zero-order valence-electron chi connectivity index (χ0n) is 15.0. The van der Waals surface area contributed by atoms with E-state index in [1.165, 1.54) is 32.5 Å². The van der Waals surface area contributed by atoms with Crippen molar-refractivity contribution in [3.05, 3.63) is 18.6 Å². The maximum Gasteiger partial charge on any atom is 0.274 e. The Morgan fingerprint density at radius 3 is 2.72 bits per heavy atom. The molecule has 3 aliphatic heterocycles. The molecule has 0 unspecified atom stereocenters. The highest BCUT2D eigenvalue weighted by molar-refractivity contribution is 7.16. The summed E-state index contributed by atoms with van der Waals surface area (Å²) < 4.78 is 8.44. The summed E-state index contributed by atoms with van der Waals surface area (Å²) in [5.41, 5.74) is 1.14. The standard InChI is InChI=1S/C19H26N4OS/c1-12(2)7-23-11-16(5-21-23)17-6-20-19(25-17)24-18-14-3-13-4-15(18)10-22(8-13)9-14/h5-6,11-15,18H,3-4,7-10H2,1-2H3/t13?,14-,15-,18?/m0/s1. The van der Waals surface area contributed by atoms with E-state index in [1.54, 1.807) is 11.3 Å². The molecule has 3 saturated heterocycles. The van der Waals surface area contributed by atoms with Crippen LogP contribution in [-0.4, -0.2) is 45.4 Å². The Hall–Kier alpha value is -1.40. The first-order valence-electron chi connectivity index (χ1n) is 9.51. The van der Waals surface area contributed by atoms with Gasteiger partial charge in [-0.2, -0.15) is 5.10 Å². The van der Waals surface area contributed by atoms with E-state index in [1.807, 2.05) is 17.1 Å². The fourth-order valence-corrected chi connectivity index (χ4v) is 5.86. The number of hydrogen-bond acceptors (Lipinski definition) is 5. The van der Waals surface area contributed by atoms with Crippen molar-refractivity contribution in [1.29, 1.82) is 0 Å². The lowest BCUT2D eigenvalue weighted by Crippen LogP contribution is -2.61. The molecule has 2 atom stereocenters. The molecular formula is C19H26N4OS. The minimum atomic E-state index is 0.371. The first-order valence-corrected chi connectivity index (χ1v) is 10.3. The number of thiazole rings is 1. The van der Waals surface area contributed by atoms with Crippen molar-refractivity contribution in [2.45, 2.75) is 39.3 Å². The second kappa shape index (κ2) is 6.09. The molecule has 6 heteroatoms. The molecular weight excluding hydrogens is 332 g/mol. The first kappa shape index (κ1) is 15.8. The first-order chi connectivity index (χ1) is 12.1. The zero-order valence-corrected chi connectivity index (χ0v) is 15.8. The van der Waals surface area contributed by atoms with Crippen LogP contribution in [0.25, 0.3) is 10.4 Å². The van der Waals surface area contributed by atoms with Gasteiger partial charge in [-0.05, 0) is 24.7 Å². The maximum atomic E-state index is 6.42. The van der Waals surface area contributed by atoms with Crippen LogP contribution in [0.5, 0.6) is 5.19 Å². The van der Waals surface area contributed by atoms with Gasteiger partial charge in [0.25, 0.3) is 5.19 Å². The number of ether oxygens (including phenoxy) is 1. The molecule has 0 radical (unpaired) electrons. The third-order valence-corrected chi connectivity index (χ3v) is 6.83. The summed E-state index contributed by atoms with van der Waals surface area (Å²) in [7, 11) is 0. The maximum absolute atomic E-state index is 6.42. The van der Waals surface area contributed by atoms with Crippen LogP contribution in [0.3, 0.4) is 0 Å². The number of piperidine rings is 3. The molecule has 4 fully saturated rings. The van der Waals surface area contributed by atoms with Crippen LogP contribution in [0.15, 0.2) is 18.6 Å². The van der Waals surface area contributed by atoms with E-state index in [2.05, 4.69) is 35.0 Å². The molecule has 4 aliphatic rings. The molecule has 2 aromatic heterocycles. The molecule has 0 N–H and O–H groups in total. The van der Waals surface area contributed by atoms with Crippen molar-refractivity contribution in [2.24, 2.45) is 23.7 Å². The molecule has 134 valence electrons. The Balaban J connectivity index is 1.29. The molecule has 25 heavy (non-hydrogen) atoms. The largest absolute Gasteiger partial charge is 0.466 e. The van der Waals surface area contributed by atoms with Gasteiger partial charge in [-0.3, -0.25) is 4.68 Å². The lowest BCUT2D eigenvalue weighted by molar-refractivity contribution is -0.0985. The van der Waals surface area contributed by atoms with Crippen molar-refractivity contribution in [2.75, 3.05) is 19.6 Å². The Bertz CT molecular complexity index is 724. The van der Waals surface area contributed by atoms with Crippen LogP contribution in [-0.2, 0) is 6.54 Å². The monoisotopic (exact) mass is 358 g/mol. The molecule has 5 heterocycles. The van der Waals surface area contributed by atoms with Crippen LogP contribution < -0.4 is 4.74 Å². The van der Waals surface area contributed by atoms with Crippen molar-refractivity contribution in [1.82, 2.24) is 19.7 Å². The summed E-state index contributed by atoms with van der Waals surface area (Å²) in [4.78, 5) is 8.35. The van der Waals surface area contributed by atoms with E-state index in [0.29, 0.717) is 23.9 Å². The Morgan fingerprint density at radius 1 is 1.20 bits per heavy atom. The predicted molar refractivity (Wildman–Crippen MR) is 98.7 cm³/mol. The van der Waals surface area contributed by atoms with E-state index < -0.39 is 0 Å². The van der Waals surface area contributed by atoms with Gasteiger partial charge >= 0.3 is 0 Å². The van der Waals surface area contributed by atoms with Crippen molar-refractivity contribution in [3.8, 4) is 15.6 Å². The van der Waals surface area contributed by atoms with Crippen molar-refractivity contribution >= 4 is 11.3 Å². The average molecular weight is 359 g/mol. The Morgan fingerprint density at radius 2 is 2.00 bits per heavy atom. The van der Waals surface area contributed by atoms with Crippen LogP contribution in [0.1, 0.15) is 26.7 Å². The van der Waals surface area contributed by atoms with Gasteiger partial charge in [-0.15, -0.1) is 0 Å². The summed E-state index contributed by atoms with van der Waals surface area (Å²) >= 11 is 1.66. The fraction of sp³-hybridized carbons (Fsp3) is 0.684. The quantitative estimate of drug-likeness (QED) is 0.822. The molecule has 0 amide bonds. The molecule has 0 aromatic carbocycles. The number of hydrogen-bond donors (Lipinski definition) is 0. The minimum Gasteiger partial charge on any atom is -0.466 e. The molecule has 5 nitrogen and oxygen atoms in total. The number of aromatic nitrogens is 3. The molecule has 1 aliphatic carbocycles. The van der Waals surface area contributed by atoms with Gasteiger partial charge in [-0.25, -0.2) is 4.98 Å². The highest BCUT2D eigenvalue weighted by Crippen LogP contribution is 2.45. The third-order valence-electron chi connectivity index (χ3n) is 5.89. The topological polar surface area (TPSA) is 43.2 Å². The summed E-state index contributed by atoms with van der Waals surface area (Å²) in [6, 6.07) is 0. The van der Waals surface area contributed by atoms with E-state index in [4.69, 9.17) is 4.74 Å². The van der Waals surface area contributed by atoms with Crippen LogP contribution in [0.2, 0.25) is 0 Å². The van der Waals surface area contributed by atoms with Gasteiger partial charge in [0.2, 0.25) is 0 Å². The van der Waals surface area contributed by atoms with Gasteiger partial charge in [-0.1, -0.05) is 25.2 Å². The van der Waals surface area contributed by atoms with E-state index in [-0.39, 0.29) is 0 Å². The molecule has 4 bridgehead atoms. The fourth-order valence-electron chi connectivity index (χ4n) is 5.08. The highest BCUT2D eigenvalue weighted by Gasteiger charge is 2.48. The van der Waals surface area contributed by atoms with Crippen molar-refractivity contribution < 1.29 is 4.74 Å². The van der Waals surface area contributed by atoms with Gasteiger partial charge in [0.1, 0.15) is 6.10 Å². The van der Waals surface area contributed by atoms with Crippen LogP contribution in [0, 0.1) is 23.7 Å². The number of nitrogens with zero attached hydrogens (tertiary/aromatic N) is 4. The summed E-state index contributed by atoms with van der Waals surface area (Å²) in [5, 5.41) is 5.30.